The molecule has 7 heteroatoms. The van der Waals surface area contributed by atoms with Crippen LogP contribution in [-0.4, -0.2) is 28.5 Å². The van der Waals surface area contributed by atoms with Crippen molar-refractivity contribution in [1.29, 1.82) is 0 Å². The molecule has 1 rings (SSSR count). The number of para-hydroxylation sites is 1. The van der Waals surface area contributed by atoms with E-state index < -0.39 is 10.9 Å². The molecule has 0 bridgehead atoms. The Morgan fingerprint density at radius 3 is 2.53 bits per heavy atom. The highest BCUT2D eigenvalue weighted by molar-refractivity contribution is 8.23. The molecular formula is C10H9NO4S2. The fourth-order valence-corrected chi connectivity index (χ4v) is 1.84. The van der Waals surface area contributed by atoms with Gasteiger partial charge in [-0.05, 0) is 18.4 Å². The minimum absolute atomic E-state index is 0.0913. The third-order valence-corrected chi connectivity index (χ3v) is 3.34. The minimum Gasteiger partial charge on any atom is -0.465 e. The maximum absolute atomic E-state index is 11.4. The first kappa shape index (κ1) is 13.6. The summed E-state index contributed by atoms with van der Waals surface area (Å²) >= 11 is 6.23. The zero-order valence-corrected chi connectivity index (χ0v) is 10.8. The summed E-state index contributed by atoms with van der Waals surface area (Å²) in [5.41, 5.74) is -0.134. The number of thioether (sulfide) groups is 1. The van der Waals surface area contributed by atoms with Crippen LogP contribution in [0.1, 0.15) is 15.9 Å². The van der Waals surface area contributed by atoms with Crippen molar-refractivity contribution >= 4 is 39.8 Å². The lowest BCUT2D eigenvalue weighted by molar-refractivity contribution is -0.385. The molecule has 0 amide bonds. The number of ether oxygens (including phenoxy) is 1. The fraction of sp³-hybridized carbons (Fsp3) is 0.200. The highest BCUT2D eigenvalue weighted by Crippen LogP contribution is 2.27. The summed E-state index contributed by atoms with van der Waals surface area (Å²) in [6.07, 6.45) is 1.72. The first-order chi connectivity index (χ1) is 8.02. The van der Waals surface area contributed by atoms with Gasteiger partial charge in [-0.15, -0.1) is 11.8 Å². The lowest BCUT2D eigenvalue weighted by atomic mass is 10.1. The van der Waals surface area contributed by atoms with Gasteiger partial charge in [0, 0.05) is 0 Å². The number of methoxy groups -OCH3 is 1. The number of nitrogens with zero attached hydrogens (tertiary/aromatic N) is 1. The van der Waals surface area contributed by atoms with Crippen molar-refractivity contribution in [3.63, 3.8) is 0 Å². The molecule has 90 valence electrons. The molecule has 0 aliphatic heterocycles. The number of esters is 1. The van der Waals surface area contributed by atoms with Gasteiger partial charge >= 0.3 is 5.97 Å². The highest BCUT2D eigenvalue weighted by Gasteiger charge is 2.26. The van der Waals surface area contributed by atoms with Crippen LogP contribution in [0, 0.1) is 10.1 Å². The van der Waals surface area contributed by atoms with E-state index in [0.717, 1.165) is 0 Å². The predicted octanol–water partition coefficient (Wildman–Crippen LogP) is 2.42. The van der Waals surface area contributed by atoms with Crippen LogP contribution >= 0.6 is 24.0 Å². The SMILES string of the molecule is COC(=O)c1cccc(C(=S)SC)c1[N+](=O)[O-]. The molecule has 0 fully saturated rings. The second-order valence-corrected chi connectivity index (χ2v) is 4.43. The van der Waals surface area contributed by atoms with E-state index in [-0.39, 0.29) is 16.8 Å². The minimum atomic E-state index is -0.748. The molecular weight excluding hydrogens is 262 g/mol. The Kier molecular flexibility index (Phi) is 4.59. The van der Waals surface area contributed by atoms with Gasteiger partial charge in [0.25, 0.3) is 5.69 Å². The molecule has 5 nitrogen and oxygen atoms in total. The van der Waals surface area contributed by atoms with E-state index in [9.17, 15) is 14.9 Å². The van der Waals surface area contributed by atoms with Crippen LogP contribution in [0.25, 0.3) is 0 Å². The van der Waals surface area contributed by atoms with E-state index in [2.05, 4.69) is 4.74 Å². The molecule has 0 aliphatic carbocycles. The largest absolute Gasteiger partial charge is 0.465 e. The molecule has 17 heavy (non-hydrogen) atoms. The number of hydrogen-bond donors (Lipinski definition) is 0. The maximum Gasteiger partial charge on any atom is 0.344 e. The van der Waals surface area contributed by atoms with Crippen molar-refractivity contribution < 1.29 is 14.5 Å². The Hall–Kier alpha value is -1.47. The van der Waals surface area contributed by atoms with E-state index in [4.69, 9.17) is 12.2 Å². The number of nitro groups is 1. The van der Waals surface area contributed by atoms with Crippen LogP contribution in [0.15, 0.2) is 18.2 Å². The van der Waals surface area contributed by atoms with Crippen LogP contribution in [0.3, 0.4) is 0 Å². The van der Waals surface area contributed by atoms with Gasteiger partial charge in [-0.2, -0.15) is 0 Å². The number of carbonyl (C=O) groups is 1. The predicted molar refractivity (Wildman–Crippen MR) is 69.7 cm³/mol. The van der Waals surface area contributed by atoms with Crippen molar-refractivity contribution in [2.24, 2.45) is 0 Å². The third-order valence-electron chi connectivity index (χ3n) is 2.03. The van der Waals surface area contributed by atoms with Crippen molar-refractivity contribution in [1.82, 2.24) is 0 Å². The average molecular weight is 271 g/mol. The summed E-state index contributed by atoms with van der Waals surface area (Å²) in [5, 5.41) is 11.0. The van der Waals surface area contributed by atoms with Crippen LogP contribution in [0.4, 0.5) is 5.69 Å². The average Bonchev–Trinajstić information content (AvgIpc) is 2.35. The topological polar surface area (TPSA) is 69.4 Å². The van der Waals surface area contributed by atoms with Gasteiger partial charge in [-0.1, -0.05) is 18.3 Å². The van der Waals surface area contributed by atoms with Crippen LogP contribution in [0.2, 0.25) is 0 Å². The van der Waals surface area contributed by atoms with Gasteiger partial charge in [-0.25, -0.2) is 4.79 Å². The normalized spacial score (nSPS) is 9.76. The zero-order chi connectivity index (χ0) is 13.0. The maximum atomic E-state index is 11.4. The van der Waals surface area contributed by atoms with Crippen LogP contribution in [-0.2, 0) is 4.74 Å². The molecule has 0 heterocycles. The monoisotopic (exact) mass is 271 g/mol. The van der Waals surface area contributed by atoms with Crippen LogP contribution in [0.5, 0.6) is 0 Å². The van der Waals surface area contributed by atoms with Gasteiger partial charge in [0.1, 0.15) is 5.56 Å². The molecule has 0 saturated heterocycles. The summed E-state index contributed by atoms with van der Waals surface area (Å²) in [6, 6.07) is 4.40. The van der Waals surface area contributed by atoms with Crippen molar-refractivity contribution in [2.45, 2.75) is 0 Å². The molecule has 0 N–H and O–H groups in total. The van der Waals surface area contributed by atoms with Gasteiger partial charge < -0.3 is 4.74 Å². The summed E-state index contributed by atoms with van der Waals surface area (Å²) < 4.78 is 4.87. The van der Waals surface area contributed by atoms with Crippen molar-refractivity contribution in [2.75, 3.05) is 13.4 Å². The van der Waals surface area contributed by atoms with Gasteiger partial charge in [0.05, 0.1) is 21.8 Å². The van der Waals surface area contributed by atoms with Gasteiger partial charge in [0.2, 0.25) is 0 Å². The second-order valence-electron chi connectivity index (χ2n) is 2.94. The van der Waals surface area contributed by atoms with E-state index in [1.54, 1.807) is 6.26 Å². The Labute approximate surface area is 107 Å². The Balaban J connectivity index is 3.48. The molecule has 1 aromatic carbocycles. The first-order valence-electron chi connectivity index (χ1n) is 4.47. The van der Waals surface area contributed by atoms with E-state index in [0.29, 0.717) is 4.20 Å². The lowest BCUT2D eigenvalue weighted by Gasteiger charge is -2.06. The molecule has 0 aliphatic rings. The summed E-state index contributed by atoms with van der Waals surface area (Å²) in [7, 11) is 1.17. The number of hydrogen-bond acceptors (Lipinski definition) is 6. The first-order valence-corrected chi connectivity index (χ1v) is 6.10. The number of thiocarbonyl (C=S) groups is 1. The Morgan fingerprint density at radius 1 is 1.47 bits per heavy atom. The van der Waals surface area contributed by atoms with Crippen molar-refractivity contribution in [3.8, 4) is 0 Å². The van der Waals surface area contributed by atoms with Gasteiger partial charge in [0.15, 0.2) is 0 Å². The summed E-state index contributed by atoms with van der Waals surface area (Å²) in [6.45, 7) is 0. The lowest BCUT2D eigenvalue weighted by Crippen LogP contribution is -2.09. The quantitative estimate of drug-likeness (QED) is 0.364. The molecule has 0 aromatic heterocycles. The fourth-order valence-electron chi connectivity index (χ4n) is 1.29. The third kappa shape index (κ3) is 2.80. The number of carbonyl (C=O) groups excluding carboxylic acids is 1. The van der Waals surface area contributed by atoms with E-state index in [1.807, 2.05) is 0 Å². The summed E-state index contributed by atoms with van der Waals surface area (Å²) in [4.78, 5) is 21.8. The number of nitro benzene ring substituents is 1. The molecule has 0 spiro atoms. The van der Waals surface area contributed by atoms with Crippen LogP contribution < -0.4 is 0 Å². The van der Waals surface area contributed by atoms with Crippen molar-refractivity contribution in [3.05, 3.63) is 39.4 Å². The summed E-state index contributed by atoms with van der Waals surface area (Å²) in [5.74, 6) is -0.748. The zero-order valence-electron chi connectivity index (χ0n) is 9.13. The smallest absolute Gasteiger partial charge is 0.344 e. The van der Waals surface area contributed by atoms with E-state index >= 15 is 0 Å². The molecule has 0 unspecified atom stereocenters. The molecule has 0 atom stereocenters. The molecule has 0 radical (unpaired) electrons. The number of benzene rings is 1. The Bertz CT molecular complexity index is 453. The molecule has 0 saturated carbocycles. The molecule has 1 aromatic rings. The Morgan fingerprint density at radius 2 is 2.06 bits per heavy atom. The highest BCUT2D eigenvalue weighted by atomic mass is 32.2. The van der Waals surface area contributed by atoms with E-state index in [1.165, 1.54) is 37.1 Å². The van der Waals surface area contributed by atoms with Gasteiger partial charge in [-0.3, -0.25) is 10.1 Å². The number of rotatable bonds is 3. The standard InChI is InChI=1S/C10H9NO4S2/c1-15-9(12)6-4-3-5-7(10(16)17-2)8(6)11(13)14/h3-5H,1-2H3. The second kappa shape index (κ2) is 5.74.